The van der Waals surface area contributed by atoms with Gasteiger partial charge in [0.2, 0.25) is 0 Å². The summed E-state index contributed by atoms with van der Waals surface area (Å²) >= 11 is 0. The molecule has 7 aromatic carbocycles. The van der Waals surface area contributed by atoms with Crippen LogP contribution < -0.4 is 5.73 Å². The molecule has 0 heterocycles. The number of rotatable bonds is 9. The van der Waals surface area contributed by atoms with Crippen LogP contribution in [0, 0.1) is 0 Å². The molecule has 282 valence electrons. The number of phenols is 1. The standard InChI is InChI=1S/C36H25N7O10S3/c37-21-7-6-20-16-34(56(51,52)53)35(36(44)27(20)17-21)43-42-33-15-13-31(26-11-9-24(19-29(26)33)55(48,49)50)40-41-32-14-12-30(39-38-22-4-2-1-3-5-22)25-10-8-23(18-28(25)32)54(45,46)47/h1-19,44H,37H2,(H,45,46,47)(H,48,49,50)(H,51,52,53). The van der Waals surface area contributed by atoms with Gasteiger partial charge in [-0.2, -0.15) is 30.4 Å². The lowest BCUT2D eigenvalue weighted by atomic mass is 10.1. The Morgan fingerprint density at radius 1 is 0.446 bits per heavy atom. The zero-order valence-electron chi connectivity index (χ0n) is 28.2. The number of benzene rings is 7. The van der Waals surface area contributed by atoms with Gasteiger partial charge in [0.15, 0.2) is 5.75 Å². The Labute approximate surface area is 317 Å². The van der Waals surface area contributed by atoms with Gasteiger partial charge in [0, 0.05) is 32.6 Å². The lowest BCUT2D eigenvalue weighted by Crippen LogP contribution is -1.99. The maximum absolute atomic E-state index is 12.3. The monoisotopic (exact) mass is 811 g/mol. The summed E-state index contributed by atoms with van der Waals surface area (Å²) in [5.41, 5.74) is 6.52. The van der Waals surface area contributed by atoms with Crippen molar-refractivity contribution in [3.63, 3.8) is 0 Å². The Hall–Kier alpha value is -6.55. The predicted molar refractivity (Wildman–Crippen MR) is 206 cm³/mol. The molecule has 0 saturated carbocycles. The van der Waals surface area contributed by atoms with Crippen LogP contribution in [0.2, 0.25) is 0 Å². The molecule has 0 aliphatic carbocycles. The van der Waals surface area contributed by atoms with E-state index in [1.54, 1.807) is 30.3 Å². The number of anilines is 1. The topological polar surface area (TPSA) is 284 Å². The maximum atomic E-state index is 12.3. The molecule has 0 aliphatic rings. The highest BCUT2D eigenvalue weighted by atomic mass is 32.2. The third-order valence-corrected chi connectivity index (χ3v) is 11.0. The molecule has 0 spiro atoms. The van der Waals surface area contributed by atoms with Gasteiger partial charge in [-0.1, -0.05) is 36.4 Å². The van der Waals surface area contributed by atoms with Crippen LogP contribution in [0.3, 0.4) is 0 Å². The second-order valence-electron chi connectivity index (χ2n) is 12.0. The first-order valence-corrected chi connectivity index (χ1v) is 20.2. The van der Waals surface area contributed by atoms with Crippen LogP contribution in [0.1, 0.15) is 0 Å². The van der Waals surface area contributed by atoms with Crippen molar-refractivity contribution >= 4 is 102 Å². The highest BCUT2D eigenvalue weighted by molar-refractivity contribution is 7.86. The first kappa shape index (κ1) is 37.8. The number of phenolic OH excluding ortho intramolecular Hbond substituents is 1. The van der Waals surface area contributed by atoms with Crippen LogP contribution >= 0.6 is 0 Å². The first-order valence-electron chi connectivity index (χ1n) is 15.9. The number of hydrogen-bond donors (Lipinski definition) is 5. The van der Waals surface area contributed by atoms with Crippen molar-refractivity contribution in [1.82, 2.24) is 0 Å². The van der Waals surface area contributed by atoms with Gasteiger partial charge in [-0.15, -0.1) is 25.6 Å². The van der Waals surface area contributed by atoms with Gasteiger partial charge in [0.1, 0.15) is 10.6 Å². The molecule has 0 amide bonds. The Morgan fingerprint density at radius 3 is 1.43 bits per heavy atom. The van der Waals surface area contributed by atoms with Gasteiger partial charge in [0.25, 0.3) is 30.4 Å². The summed E-state index contributed by atoms with van der Waals surface area (Å²) in [6.07, 6.45) is 0. The average Bonchev–Trinajstić information content (AvgIpc) is 3.15. The predicted octanol–water partition coefficient (Wildman–Crippen LogP) is 9.42. The third kappa shape index (κ3) is 7.68. The Balaban J connectivity index is 1.36. The van der Waals surface area contributed by atoms with E-state index < -0.39 is 56.5 Å². The van der Waals surface area contributed by atoms with E-state index in [1.807, 2.05) is 6.07 Å². The van der Waals surface area contributed by atoms with Crippen LogP contribution in [0.25, 0.3) is 32.3 Å². The molecule has 0 atom stereocenters. The lowest BCUT2D eigenvalue weighted by Gasteiger charge is -2.10. The molecule has 7 rings (SSSR count). The lowest BCUT2D eigenvalue weighted by molar-refractivity contribution is 0.472. The van der Waals surface area contributed by atoms with Crippen LogP contribution in [-0.2, 0) is 30.4 Å². The summed E-state index contributed by atoms with van der Waals surface area (Å²) in [7, 11) is -14.3. The van der Waals surface area contributed by atoms with Gasteiger partial charge in [0.05, 0.1) is 38.2 Å². The smallest absolute Gasteiger partial charge is 0.296 e. The fraction of sp³-hybridized carbons (Fsp3) is 0. The SMILES string of the molecule is Nc1ccc2cc(S(=O)(=O)O)c(N=Nc3ccc(N=Nc4ccc(N=Nc5ccccc5)c5ccc(S(=O)(=O)O)cc45)c4ccc(S(=O)(=O)O)cc34)c(O)c2c1. The quantitative estimate of drug-likeness (QED) is 0.0519. The van der Waals surface area contributed by atoms with Gasteiger partial charge in [-0.05, 0) is 84.2 Å². The number of azo groups is 3. The number of hydrogen-bond acceptors (Lipinski definition) is 14. The minimum Gasteiger partial charge on any atom is -0.505 e. The van der Waals surface area contributed by atoms with Gasteiger partial charge < -0.3 is 10.8 Å². The van der Waals surface area contributed by atoms with Crippen LogP contribution in [-0.4, -0.2) is 44.0 Å². The summed E-state index contributed by atoms with van der Waals surface area (Å²) in [5, 5.41) is 37.4. The molecular formula is C36H25N7O10S3. The van der Waals surface area contributed by atoms with Crippen molar-refractivity contribution in [1.29, 1.82) is 0 Å². The fourth-order valence-corrected chi connectivity index (χ4v) is 7.40. The third-order valence-electron chi connectivity index (χ3n) is 8.39. The van der Waals surface area contributed by atoms with E-state index in [4.69, 9.17) is 5.73 Å². The minimum atomic E-state index is -4.96. The summed E-state index contributed by atoms with van der Waals surface area (Å²) in [6, 6.07) is 27.2. The average molecular weight is 812 g/mol. The van der Waals surface area contributed by atoms with E-state index in [-0.39, 0.29) is 49.7 Å². The van der Waals surface area contributed by atoms with Crippen molar-refractivity contribution in [3.8, 4) is 5.75 Å². The van der Waals surface area contributed by atoms with Crippen LogP contribution in [0.4, 0.5) is 39.8 Å². The van der Waals surface area contributed by atoms with E-state index in [0.717, 1.165) is 18.2 Å². The zero-order valence-corrected chi connectivity index (χ0v) is 30.6. The number of nitrogens with two attached hydrogens (primary N) is 1. The maximum Gasteiger partial charge on any atom is 0.296 e. The largest absolute Gasteiger partial charge is 0.505 e. The normalized spacial score (nSPS) is 12.9. The van der Waals surface area contributed by atoms with E-state index in [0.29, 0.717) is 16.8 Å². The molecule has 7 aromatic rings. The highest BCUT2D eigenvalue weighted by Gasteiger charge is 2.23. The van der Waals surface area contributed by atoms with E-state index in [2.05, 4.69) is 30.7 Å². The molecule has 0 aromatic heterocycles. The van der Waals surface area contributed by atoms with Crippen molar-refractivity contribution < 1.29 is 44.0 Å². The molecule has 0 aliphatic heterocycles. The summed E-state index contributed by atoms with van der Waals surface area (Å²) in [5.74, 6) is -0.670. The zero-order chi connectivity index (χ0) is 40.0. The summed E-state index contributed by atoms with van der Waals surface area (Å²) in [4.78, 5) is -1.74. The molecule has 0 radical (unpaired) electrons. The minimum absolute atomic E-state index is 0.0217. The molecule has 0 unspecified atom stereocenters. The second-order valence-corrected chi connectivity index (χ2v) is 16.3. The van der Waals surface area contributed by atoms with Crippen LogP contribution in [0.5, 0.6) is 5.75 Å². The van der Waals surface area contributed by atoms with Gasteiger partial charge >= 0.3 is 0 Å². The van der Waals surface area contributed by atoms with Crippen molar-refractivity contribution in [2.75, 3.05) is 5.73 Å². The van der Waals surface area contributed by atoms with Crippen molar-refractivity contribution in [2.45, 2.75) is 14.7 Å². The Bertz CT molecular complexity index is 3200. The molecule has 56 heavy (non-hydrogen) atoms. The number of fused-ring (bicyclic) bond motifs is 3. The molecule has 0 bridgehead atoms. The Morgan fingerprint density at radius 2 is 0.929 bits per heavy atom. The molecular weight excluding hydrogens is 787 g/mol. The molecule has 0 saturated heterocycles. The Kier molecular flexibility index (Phi) is 9.62. The van der Waals surface area contributed by atoms with E-state index in [9.17, 15) is 44.0 Å². The second kappa shape index (κ2) is 14.3. The number of nitrogens with zero attached hydrogens (tertiary/aromatic N) is 6. The number of aromatic hydroxyl groups is 1. The molecule has 6 N–H and O–H groups in total. The molecule has 0 fully saturated rings. The highest BCUT2D eigenvalue weighted by Crippen LogP contribution is 2.44. The van der Waals surface area contributed by atoms with Gasteiger partial charge in [-0.3, -0.25) is 13.7 Å². The fourth-order valence-electron chi connectivity index (χ4n) is 5.73. The first-order chi connectivity index (χ1) is 26.5. The summed E-state index contributed by atoms with van der Waals surface area (Å²) in [6.45, 7) is 0. The molecule has 20 heteroatoms. The molecule has 17 nitrogen and oxygen atoms in total. The van der Waals surface area contributed by atoms with Crippen molar-refractivity contribution in [2.24, 2.45) is 30.7 Å². The van der Waals surface area contributed by atoms with E-state index >= 15 is 0 Å². The summed E-state index contributed by atoms with van der Waals surface area (Å²) < 4.78 is 103. The van der Waals surface area contributed by atoms with E-state index in [1.165, 1.54) is 60.7 Å². The number of nitrogen functional groups attached to an aromatic ring is 1. The van der Waals surface area contributed by atoms with Crippen molar-refractivity contribution in [3.05, 3.63) is 115 Å². The van der Waals surface area contributed by atoms with Gasteiger partial charge in [-0.25, -0.2) is 0 Å². The van der Waals surface area contributed by atoms with Crippen LogP contribution in [0.15, 0.2) is 161 Å².